The molecule has 1 heterocycles. The Morgan fingerprint density at radius 2 is 1.97 bits per heavy atom. The van der Waals surface area contributed by atoms with Crippen molar-refractivity contribution in [2.45, 2.75) is 56.7 Å². The second kappa shape index (κ2) is 11.5. The van der Waals surface area contributed by atoms with E-state index in [0.29, 0.717) is 25.7 Å². The van der Waals surface area contributed by atoms with Crippen molar-refractivity contribution < 1.29 is 24.1 Å². The van der Waals surface area contributed by atoms with E-state index in [0.717, 1.165) is 55.8 Å². The van der Waals surface area contributed by atoms with Crippen LogP contribution in [0.25, 0.3) is 0 Å². The number of carbonyl (C=O) groups is 1. The first-order valence-corrected chi connectivity index (χ1v) is 11.3. The van der Waals surface area contributed by atoms with Crippen LogP contribution in [0.3, 0.4) is 0 Å². The van der Waals surface area contributed by atoms with Crippen molar-refractivity contribution in [1.82, 2.24) is 9.80 Å². The van der Waals surface area contributed by atoms with E-state index >= 15 is 0 Å². The lowest BCUT2D eigenvalue weighted by Crippen LogP contribution is -2.48. The summed E-state index contributed by atoms with van der Waals surface area (Å²) in [5, 5.41) is 9.52. The minimum Gasteiger partial charge on any atom is -0.493 e. The molecule has 8 nitrogen and oxygen atoms in total. The van der Waals surface area contributed by atoms with Crippen molar-refractivity contribution in [3.8, 4) is 11.5 Å². The van der Waals surface area contributed by atoms with Crippen molar-refractivity contribution in [2.75, 3.05) is 47.0 Å². The van der Waals surface area contributed by atoms with Crippen LogP contribution in [0.15, 0.2) is 18.2 Å². The SMILES string of the molecule is COc1ccc(CCO[C@@H]2CCCC[C@H]2N2CCC(N(CCN)C(=O)O)C2)cc1OC. The average molecular weight is 436 g/mol. The molecule has 3 atom stereocenters. The smallest absolute Gasteiger partial charge is 0.407 e. The number of hydrogen-bond acceptors (Lipinski definition) is 6. The van der Waals surface area contributed by atoms with Crippen LogP contribution < -0.4 is 15.2 Å². The Hall–Kier alpha value is -2.03. The summed E-state index contributed by atoms with van der Waals surface area (Å²) >= 11 is 0. The van der Waals surface area contributed by atoms with E-state index in [1.807, 2.05) is 18.2 Å². The van der Waals surface area contributed by atoms with E-state index in [-0.39, 0.29) is 12.1 Å². The van der Waals surface area contributed by atoms with Crippen molar-refractivity contribution in [3.63, 3.8) is 0 Å². The van der Waals surface area contributed by atoms with Gasteiger partial charge in [0.15, 0.2) is 11.5 Å². The van der Waals surface area contributed by atoms with E-state index in [9.17, 15) is 9.90 Å². The van der Waals surface area contributed by atoms with Crippen molar-refractivity contribution in [1.29, 1.82) is 0 Å². The molecule has 1 aromatic carbocycles. The number of methoxy groups -OCH3 is 2. The standard InChI is InChI=1S/C23H37N3O5/c1-29-21-8-7-17(15-22(21)30-2)10-14-31-20-6-4-3-5-19(20)25-12-9-18(16-25)26(13-11-24)23(27)28/h7-8,15,18-20H,3-6,9-14,16,24H2,1-2H3,(H,27,28)/t18?,19-,20-/m1/s1. The van der Waals surface area contributed by atoms with Gasteiger partial charge in [0.05, 0.1) is 26.9 Å². The van der Waals surface area contributed by atoms with Gasteiger partial charge in [-0.15, -0.1) is 0 Å². The molecule has 3 N–H and O–H groups in total. The first-order valence-electron chi connectivity index (χ1n) is 11.3. The van der Waals surface area contributed by atoms with Crippen LogP contribution in [0.5, 0.6) is 11.5 Å². The number of nitrogens with two attached hydrogens (primary N) is 1. The Bertz CT molecular complexity index is 716. The lowest BCUT2D eigenvalue weighted by Gasteiger charge is -2.38. The Balaban J connectivity index is 1.54. The molecule has 1 amide bonds. The van der Waals surface area contributed by atoms with Crippen molar-refractivity contribution in [2.24, 2.45) is 5.73 Å². The summed E-state index contributed by atoms with van der Waals surface area (Å²) in [6.45, 7) is 3.09. The number of carboxylic acid groups (broad SMARTS) is 1. The van der Waals surface area contributed by atoms with E-state index < -0.39 is 6.09 Å². The third-order valence-electron chi connectivity index (χ3n) is 6.56. The molecule has 1 aliphatic carbocycles. The number of ether oxygens (including phenoxy) is 3. The fraction of sp³-hybridized carbons (Fsp3) is 0.696. The first kappa shape index (κ1) is 23.6. The summed E-state index contributed by atoms with van der Waals surface area (Å²) in [6.07, 6.45) is 5.55. The predicted molar refractivity (Wildman–Crippen MR) is 119 cm³/mol. The zero-order valence-electron chi connectivity index (χ0n) is 18.8. The van der Waals surface area contributed by atoms with Gasteiger partial charge >= 0.3 is 6.09 Å². The highest BCUT2D eigenvalue weighted by Gasteiger charge is 2.37. The predicted octanol–water partition coefficient (Wildman–Crippen LogP) is 2.59. The third-order valence-corrected chi connectivity index (χ3v) is 6.56. The largest absolute Gasteiger partial charge is 0.493 e. The molecule has 2 aliphatic rings. The van der Waals surface area contributed by atoms with E-state index in [4.69, 9.17) is 19.9 Å². The van der Waals surface area contributed by atoms with Gasteiger partial charge in [-0.2, -0.15) is 0 Å². The molecule has 1 saturated heterocycles. The Kier molecular flexibility index (Phi) is 8.80. The normalized spacial score (nSPS) is 24.2. The zero-order valence-corrected chi connectivity index (χ0v) is 18.8. The Labute approximate surface area is 185 Å². The summed E-state index contributed by atoms with van der Waals surface area (Å²) in [5.74, 6) is 1.47. The molecule has 2 fully saturated rings. The van der Waals surface area contributed by atoms with Gasteiger partial charge in [0.2, 0.25) is 0 Å². The maximum Gasteiger partial charge on any atom is 0.407 e. The van der Waals surface area contributed by atoms with Gasteiger partial charge in [-0.05, 0) is 43.4 Å². The van der Waals surface area contributed by atoms with Crippen molar-refractivity contribution >= 4 is 6.09 Å². The minimum absolute atomic E-state index is 0.0235. The van der Waals surface area contributed by atoms with Crippen LogP contribution in [0.2, 0.25) is 0 Å². The number of likely N-dealkylation sites (tertiary alicyclic amines) is 1. The van der Waals surface area contributed by atoms with Gasteiger partial charge in [-0.25, -0.2) is 4.79 Å². The van der Waals surface area contributed by atoms with Gasteiger partial charge in [-0.3, -0.25) is 4.90 Å². The summed E-state index contributed by atoms with van der Waals surface area (Å²) < 4.78 is 17.1. The summed E-state index contributed by atoms with van der Waals surface area (Å²) in [6, 6.07) is 6.36. The van der Waals surface area contributed by atoms with Crippen LogP contribution in [0, 0.1) is 0 Å². The maximum atomic E-state index is 11.6. The molecule has 0 bridgehead atoms. The van der Waals surface area contributed by atoms with Crippen LogP contribution in [0.4, 0.5) is 4.79 Å². The van der Waals surface area contributed by atoms with Gasteiger partial charge in [0.1, 0.15) is 0 Å². The molecule has 0 radical (unpaired) electrons. The molecule has 0 spiro atoms. The molecule has 1 unspecified atom stereocenters. The average Bonchev–Trinajstić information content (AvgIpc) is 3.27. The van der Waals surface area contributed by atoms with Crippen LogP contribution in [-0.2, 0) is 11.2 Å². The minimum atomic E-state index is -0.872. The molecule has 8 heteroatoms. The van der Waals surface area contributed by atoms with E-state index in [2.05, 4.69) is 4.90 Å². The van der Waals surface area contributed by atoms with Crippen molar-refractivity contribution in [3.05, 3.63) is 23.8 Å². The second-order valence-corrected chi connectivity index (χ2v) is 8.40. The summed E-state index contributed by atoms with van der Waals surface area (Å²) in [7, 11) is 3.28. The number of amides is 1. The van der Waals surface area contributed by atoms with Crippen LogP contribution in [-0.4, -0.2) is 86.2 Å². The maximum absolute atomic E-state index is 11.6. The lowest BCUT2D eigenvalue weighted by atomic mass is 9.91. The molecular weight excluding hydrogens is 398 g/mol. The molecule has 1 aromatic rings. The highest BCUT2D eigenvalue weighted by Crippen LogP contribution is 2.30. The van der Waals surface area contributed by atoms with E-state index in [1.54, 1.807) is 14.2 Å². The Morgan fingerprint density at radius 1 is 1.19 bits per heavy atom. The number of benzene rings is 1. The highest BCUT2D eigenvalue weighted by molar-refractivity contribution is 5.65. The topological polar surface area (TPSA) is 97.5 Å². The monoisotopic (exact) mass is 435 g/mol. The molecule has 174 valence electrons. The molecule has 31 heavy (non-hydrogen) atoms. The molecule has 1 aliphatic heterocycles. The zero-order chi connectivity index (χ0) is 22.2. The number of nitrogens with zero attached hydrogens (tertiary/aromatic N) is 2. The van der Waals surface area contributed by atoms with Gasteiger partial charge in [-0.1, -0.05) is 18.9 Å². The molecule has 3 rings (SSSR count). The first-order chi connectivity index (χ1) is 15.1. The quantitative estimate of drug-likeness (QED) is 0.583. The third kappa shape index (κ3) is 6.02. The number of hydrogen-bond donors (Lipinski definition) is 2. The fourth-order valence-corrected chi connectivity index (χ4v) is 4.95. The molecular formula is C23H37N3O5. The second-order valence-electron chi connectivity index (χ2n) is 8.40. The van der Waals surface area contributed by atoms with Gasteiger partial charge in [0.25, 0.3) is 0 Å². The van der Waals surface area contributed by atoms with Gasteiger partial charge < -0.3 is 30.0 Å². The summed E-state index contributed by atoms with van der Waals surface area (Å²) in [4.78, 5) is 15.5. The van der Waals surface area contributed by atoms with Crippen LogP contribution >= 0.6 is 0 Å². The summed E-state index contributed by atoms with van der Waals surface area (Å²) in [5.41, 5.74) is 6.78. The fourth-order valence-electron chi connectivity index (χ4n) is 4.95. The Morgan fingerprint density at radius 3 is 2.68 bits per heavy atom. The number of rotatable bonds is 10. The van der Waals surface area contributed by atoms with Gasteiger partial charge in [0, 0.05) is 38.3 Å². The van der Waals surface area contributed by atoms with E-state index in [1.165, 1.54) is 17.7 Å². The molecule has 0 aromatic heterocycles. The van der Waals surface area contributed by atoms with Crippen LogP contribution in [0.1, 0.15) is 37.7 Å². The molecule has 1 saturated carbocycles. The highest BCUT2D eigenvalue weighted by atomic mass is 16.5. The lowest BCUT2D eigenvalue weighted by molar-refractivity contribution is -0.0304.